The normalized spacial score (nSPS) is 11.0. The molecule has 0 aliphatic rings. The van der Waals surface area contributed by atoms with E-state index in [1.54, 1.807) is 0 Å². The van der Waals surface area contributed by atoms with Crippen molar-refractivity contribution in [1.29, 1.82) is 0 Å². The van der Waals surface area contributed by atoms with Crippen molar-refractivity contribution in [2.75, 3.05) is 0 Å². The fourth-order valence-electron chi connectivity index (χ4n) is 1.40. The van der Waals surface area contributed by atoms with Crippen molar-refractivity contribution in [1.82, 2.24) is 9.53 Å². The number of hydrogen-bond donors (Lipinski definition) is 0. The van der Waals surface area contributed by atoms with E-state index in [-0.39, 0.29) is 0 Å². The maximum atomic E-state index is 5.26. The lowest BCUT2D eigenvalue weighted by atomic mass is 10.1. The fraction of sp³-hybridized carbons (Fsp3) is 0. The average Bonchev–Trinajstić information content (AvgIpc) is 2.83. The summed E-state index contributed by atoms with van der Waals surface area (Å²) in [5.74, 6) is 0. The van der Waals surface area contributed by atoms with Crippen molar-refractivity contribution in [2.24, 2.45) is 0 Å². The minimum absolute atomic E-state index is 0.791. The topological polar surface area (TPSA) is 38.9 Å². The van der Waals surface area contributed by atoms with Crippen LogP contribution >= 0.6 is 34.1 Å². The van der Waals surface area contributed by atoms with E-state index in [1.807, 2.05) is 30.3 Å². The van der Waals surface area contributed by atoms with Crippen molar-refractivity contribution in [3.05, 3.63) is 34.0 Å². The van der Waals surface area contributed by atoms with Gasteiger partial charge >= 0.3 is 0 Å². The van der Waals surface area contributed by atoms with Gasteiger partial charge in [0.25, 0.3) is 0 Å². The van der Waals surface area contributed by atoms with E-state index < -0.39 is 0 Å². The number of aromatic nitrogens is 2. The summed E-state index contributed by atoms with van der Waals surface area (Å²) in [6.07, 6.45) is 0. The Morgan fingerprint density at radius 3 is 2.80 bits per heavy atom. The third-order valence-electron chi connectivity index (χ3n) is 2.10. The maximum absolute atomic E-state index is 5.26. The van der Waals surface area contributed by atoms with Gasteiger partial charge in [-0.25, -0.2) is 0 Å². The molecular weight excluding hydrogens is 323 g/mol. The highest BCUT2D eigenvalue weighted by atomic mass is 127. The van der Waals surface area contributed by atoms with E-state index in [0.717, 1.165) is 25.2 Å². The zero-order chi connectivity index (χ0) is 10.3. The molecule has 0 fully saturated rings. The minimum Gasteiger partial charge on any atom is -0.352 e. The first-order valence-electron chi connectivity index (χ1n) is 4.32. The summed E-state index contributed by atoms with van der Waals surface area (Å²) >= 11 is 3.58. The molecule has 0 aliphatic carbocycles. The molecule has 0 unspecified atom stereocenters. The summed E-state index contributed by atoms with van der Waals surface area (Å²) in [6.45, 7) is 0. The van der Waals surface area contributed by atoms with Crippen LogP contribution in [0.1, 0.15) is 0 Å². The van der Waals surface area contributed by atoms with Crippen LogP contribution in [0.25, 0.3) is 21.5 Å². The molecule has 3 nitrogen and oxygen atoms in total. The van der Waals surface area contributed by atoms with Crippen LogP contribution in [-0.2, 0) is 0 Å². The van der Waals surface area contributed by atoms with Crippen molar-refractivity contribution in [2.45, 2.75) is 0 Å². The highest BCUT2D eigenvalue weighted by Crippen LogP contribution is 2.33. The third kappa shape index (κ3) is 1.46. The van der Waals surface area contributed by atoms with Crippen molar-refractivity contribution < 1.29 is 4.52 Å². The Balaban J connectivity index is 2.28. The molecule has 74 valence electrons. The van der Waals surface area contributed by atoms with E-state index in [4.69, 9.17) is 4.52 Å². The number of hydrogen-bond acceptors (Lipinski definition) is 4. The lowest BCUT2D eigenvalue weighted by Gasteiger charge is -1.92. The Kier molecular flexibility index (Phi) is 2.21. The average molecular weight is 328 g/mol. The lowest BCUT2D eigenvalue weighted by molar-refractivity contribution is 0.457. The molecule has 3 rings (SSSR count). The molecule has 0 bridgehead atoms. The van der Waals surface area contributed by atoms with Crippen LogP contribution in [0.5, 0.6) is 0 Å². The van der Waals surface area contributed by atoms with Crippen molar-refractivity contribution >= 4 is 44.4 Å². The first-order valence-corrected chi connectivity index (χ1v) is 6.17. The molecule has 0 saturated heterocycles. The summed E-state index contributed by atoms with van der Waals surface area (Å²) in [6, 6.07) is 9.99. The Labute approximate surface area is 103 Å². The van der Waals surface area contributed by atoms with Crippen LogP contribution < -0.4 is 0 Å². The van der Waals surface area contributed by atoms with Crippen molar-refractivity contribution in [3.8, 4) is 11.3 Å². The van der Waals surface area contributed by atoms with Crippen LogP contribution in [0.3, 0.4) is 0 Å². The van der Waals surface area contributed by atoms with Crippen LogP contribution in [0.15, 0.2) is 34.9 Å². The second-order valence-electron chi connectivity index (χ2n) is 3.03. The van der Waals surface area contributed by atoms with Gasteiger partial charge < -0.3 is 4.52 Å². The summed E-state index contributed by atoms with van der Waals surface area (Å²) in [7, 11) is 0. The molecule has 0 amide bonds. The first-order chi connectivity index (χ1) is 7.36. The molecule has 0 spiro atoms. The first kappa shape index (κ1) is 9.29. The van der Waals surface area contributed by atoms with Gasteiger partial charge in [-0.15, -0.1) is 0 Å². The van der Waals surface area contributed by atoms with Gasteiger partial charge in [0.05, 0.1) is 0 Å². The largest absolute Gasteiger partial charge is 0.352 e. The summed E-state index contributed by atoms with van der Waals surface area (Å²) < 4.78 is 11.4. The SMILES string of the molecule is Ic1nsc2c(-c3ccccc3)noc12. The standard InChI is InChI=1S/C10H5IN2OS/c11-10-8-9(15-13-10)7(12-14-8)6-4-2-1-3-5-6/h1-5H. The van der Waals surface area contributed by atoms with Gasteiger partial charge in [0.15, 0.2) is 3.70 Å². The molecular formula is C10H5IN2OS. The highest BCUT2D eigenvalue weighted by Gasteiger charge is 2.15. The monoisotopic (exact) mass is 328 g/mol. The molecule has 15 heavy (non-hydrogen) atoms. The van der Waals surface area contributed by atoms with Gasteiger partial charge in [0, 0.05) is 5.56 Å². The molecule has 0 saturated carbocycles. The van der Waals surface area contributed by atoms with Gasteiger partial charge in [-0.3, -0.25) is 0 Å². The van der Waals surface area contributed by atoms with E-state index in [9.17, 15) is 0 Å². The molecule has 5 heteroatoms. The van der Waals surface area contributed by atoms with E-state index in [2.05, 4.69) is 32.1 Å². The molecule has 0 radical (unpaired) electrons. The molecule has 0 aliphatic heterocycles. The number of fused-ring (bicyclic) bond motifs is 1. The highest BCUT2D eigenvalue weighted by molar-refractivity contribution is 14.1. The molecule has 2 aromatic heterocycles. The van der Waals surface area contributed by atoms with Gasteiger partial charge in [-0.05, 0) is 34.1 Å². The Morgan fingerprint density at radius 2 is 2.00 bits per heavy atom. The number of nitrogens with zero attached hydrogens (tertiary/aromatic N) is 2. The van der Waals surface area contributed by atoms with E-state index >= 15 is 0 Å². The molecule has 3 aromatic rings. The smallest absolute Gasteiger partial charge is 0.211 e. The quantitative estimate of drug-likeness (QED) is 0.641. The number of benzene rings is 1. The van der Waals surface area contributed by atoms with Crippen LogP contribution in [-0.4, -0.2) is 9.53 Å². The zero-order valence-corrected chi connectivity index (χ0v) is 10.4. The minimum atomic E-state index is 0.791. The van der Waals surface area contributed by atoms with E-state index in [1.165, 1.54) is 11.5 Å². The van der Waals surface area contributed by atoms with Crippen LogP contribution in [0.2, 0.25) is 0 Å². The summed E-state index contributed by atoms with van der Waals surface area (Å²) in [5, 5.41) is 4.08. The Hall–Kier alpha value is -0.950. The summed E-state index contributed by atoms with van der Waals surface area (Å²) in [4.78, 5) is 0. The molecule has 0 N–H and O–H groups in total. The van der Waals surface area contributed by atoms with Crippen molar-refractivity contribution in [3.63, 3.8) is 0 Å². The molecule has 2 heterocycles. The Morgan fingerprint density at radius 1 is 1.20 bits per heavy atom. The molecule has 1 aromatic carbocycles. The fourth-order valence-corrected chi connectivity index (χ4v) is 2.96. The second-order valence-corrected chi connectivity index (χ2v) is 4.82. The van der Waals surface area contributed by atoms with Crippen LogP contribution in [0, 0.1) is 3.70 Å². The predicted octanol–water partition coefficient (Wildman–Crippen LogP) is 3.56. The number of halogens is 1. The third-order valence-corrected chi connectivity index (χ3v) is 3.99. The molecule has 0 atom stereocenters. The van der Waals surface area contributed by atoms with E-state index in [0.29, 0.717) is 0 Å². The zero-order valence-electron chi connectivity index (χ0n) is 7.48. The summed E-state index contributed by atoms with van der Waals surface area (Å²) in [5.41, 5.74) is 2.74. The lowest BCUT2D eigenvalue weighted by Crippen LogP contribution is -1.74. The second kappa shape index (κ2) is 3.57. The van der Waals surface area contributed by atoms with Gasteiger partial charge in [0.1, 0.15) is 10.4 Å². The number of rotatable bonds is 1. The van der Waals surface area contributed by atoms with Gasteiger partial charge in [-0.1, -0.05) is 35.5 Å². The Bertz CT molecular complexity index is 602. The van der Waals surface area contributed by atoms with Crippen LogP contribution in [0.4, 0.5) is 0 Å². The van der Waals surface area contributed by atoms with Gasteiger partial charge in [0.2, 0.25) is 5.58 Å². The predicted molar refractivity (Wildman–Crippen MR) is 67.8 cm³/mol. The maximum Gasteiger partial charge on any atom is 0.211 e. The van der Waals surface area contributed by atoms with Gasteiger partial charge in [-0.2, -0.15) is 4.37 Å².